The Morgan fingerprint density at radius 1 is 1.19 bits per heavy atom. The van der Waals surface area contributed by atoms with Crippen LogP contribution in [0.15, 0.2) is 47.4 Å². The summed E-state index contributed by atoms with van der Waals surface area (Å²) in [6, 6.07) is 8.46. The SMILES string of the molecule is O=C(CNc1ccc(S(=O)(=O)C(F)F)cc1[N+](=O)[O-])Nc1ccc(Cl)cc1. The van der Waals surface area contributed by atoms with Crippen LogP contribution in [0, 0.1) is 10.1 Å². The second-order valence-electron chi connectivity index (χ2n) is 5.15. The fourth-order valence-electron chi connectivity index (χ4n) is 2.01. The quantitative estimate of drug-likeness (QED) is 0.525. The molecule has 27 heavy (non-hydrogen) atoms. The maximum atomic E-state index is 12.6. The monoisotopic (exact) mass is 419 g/mol. The third-order valence-electron chi connectivity index (χ3n) is 3.30. The Hall–Kier alpha value is -2.79. The highest BCUT2D eigenvalue weighted by Gasteiger charge is 2.29. The van der Waals surface area contributed by atoms with Gasteiger partial charge in [-0.25, -0.2) is 8.42 Å². The molecule has 0 heterocycles. The largest absolute Gasteiger partial charge is 0.371 e. The van der Waals surface area contributed by atoms with Gasteiger partial charge in [0.1, 0.15) is 5.69 Å². The molecule has 1 amide bonds. The number of nitro groups is 1. The lowest BCUT2D eigenvalue weighted by Gasteiger charge is -2.10. The fourth-order valence-corrected chi connectivity index (χ4v) is 2.87. The highest BCUT2D eigenvalue weighted by atomic mass is 35.5. The Balaban J connectivity index is 2.15. The number of carbonyl (C=O) groups excluding carboxylic acids is 1. The molecule has 12 heteroatoms. The van der Waals surface area contributed by atoms with Crippen molar-refractivity contribution in [2.75, 3.05) is 17.2 Å². The summed E-state index contributed by atoms with van der Waals surface area (Å²) in [4.78, 5) is 21.2. The van der Waals surface area contributed by atoms with Gasteiger partial charge in [0.15, 0.2) is 0 Å². The van der Waals surface area contributed by atoms with E-state index in [-0.39, 0.29) is 12.2 Å². The van der Waals surface area contributed by atoms with Crippen LogP contribution in [0.4, 0.5) is 25.8 Å². The number of nitrogens with one attached hydrogen (secondary N) is 2. The lowest BCUT2D eigenvalue weighted by atomic mass is 10.2. The van der Waals surface area contributed by atoms with Crippen molar-refractivity contribution in [3.63, 3.8) is 0 Å². The first-order valence-electron chi connectivity index (χ1n) is 7.21. The van der Waals surface area contributed by atoms with Crippen LogP contribution in [-0.2, 0) is 14.6 Å². The van der Waals surface area contributed by atoms with E-state index < -0.39 is 37.0 Å². The molecular formula is C15H12ClF2N3O5S. The number of sulfone groups is 1. The molecule has 0 aliphatic carbocycles. The number of alkyl halides is 2. The van der Waals surface area contributed by atoms with Crippen LogP contribution in [0.2, 0.25) is 5.02 Å². The van der Waals surface area contributed by atoms with Crippen LogP contribution in [0.25, 0.3) is 0 Å². The molecule has 2 N–H and O–H groups in total. The molecule has 0 aliphatic heterocycles. The van der Waals surface area contributed by atoms with Crippen LogP contribution in [0.3, 0.4) is 0 Å². The standard InChI is InChI=1S/C15H12ClF2N3O5S/c16-9-1-3-10(4-2-9)20-14(22)8-19-12-6-5-11(7-13(12)21(23)24)27(25,26)15(17)18/h1-7,15,19H,8H2,(H,20,22). The van der Waals surface area contributed by atoms with E-state index in [4.69, 9.17) is 11.6 Å². The molecule has 2 rings (SSSR count). The van der Waals surface area contributed by atoms with Crippen molar-refractivity contribution < 1.29 is 26.9 Å². The third-order valence-corrected chi connectivity index (χ3v) is 4.93. The van der Waals surface area contributed by atoms with Crippen LogP contribution < -0.4 is 10.6 Å². The molecule has 0 atom stereocenters. The van der Waals surface area contributed by atoms with Crippen molar-refractivity contribution in [1.82, 2.24) is 0 Å². The van der Waals surface area contributed by atoms with Gasteiger partial charge in [0.25, 0.3) is 5.69 Å². The van der Waals surface area contributed by atoms with Gasteiger partial charge in [-0.2, -0.15) is 8.78 Å². The summed E-state index contributed by atoms with van der Waals surface area (Å²) in [6.45, 7) is -0.385. The van der Waals surface area contributed by atoms with Crippen molar-refractivity contribution in [1.29, 1.82) is 0 Å². The van der Waals surface area contributed by atoms with E-state index in [1.807, 2.05) is 0 Å². The molecule has 0 saturated heterocycles. The molecule has 0 radical (unpaired) electrons. The van der Waals surface area contributed by atoms with Gasteiger partial charge in [0.2, 0.25) is 15.7 Å². The number of carbonyl (C=O) groups is 1. The number of amides is 1. The van der Waals surface area contributed by atoms with Gasteiger partial charge < -0.3 is 10.6 Å². The Labute approximate surface area is 157 Å². The third kappa shape index (κ3) is 5.11. The summed E-state index contributed by atoms with van der Waals surface area (Å²) >= 11 is 5.72. The van der Waals surface area contributed by atoms with E-state index in [0.717, 1.165) is 12.1 Å². The number of rotatable bonds is 7. The van der Waals surface area contributed by atoms with E-state index in [2.05, 4.69) is 10.6 Å². The van der Waals surface area contributed by atoms with Crippen molar-refractivity contribution in [2.45, 2.75) is 10.7 Å². The van der Waals surface area contributed by atoms with Gasteiger partial charge in [0.05, 0.1) is 16.4 Å². The number of nitrogens with zero attached hydrogens (tertiary/aromatic N) is 1. The molecule has 8 nitrogen and oxygen atoms in total. The summed E-state index contributed by atoms with van der Waals surface area (Å²) < 4.78 is 48.1. The van der Waals surface area contributed by atoms with Crippen LogP contribution >= 0.6 is 11.6 Å². The molecule has 2 aromatic carbocycles. The normalized spacial score (nSPS) is 11.3. The Bertz CT molecular complexity index is 968. The van der Waals surface area contributed by atoms with E-state index in [1.54, 1.807) is 24.3 Å². The highest BCUT2D eigenvalue weighted by Crippen LogP contribution is 2.29. The van der Waals surface area contributed by atoms with E-state index in [1.165, 1.54) is 0 Å². The zero-order chi connectivity index (χ0) is 20.2. The number of hydrogen-bond acceptors (Lipinski definition) is 6. The van der Waals surface area contributed by atoms with Crippen LogP contribution in [0.5, 0.6) is 0 Å². The predicted octanol–water partition coefficient (Wildman–Crippen LogP) is 3.30. The van der Waals surface area contributed by atoms with Gasteiger partial charge in [-0.3, -0.25) is 14.9 Å². The molecular weight excluding hydrogens is 408 g/mol. The van der Waals surface area contributed by atoms with Crippen molar-refractivity contribution in [2.24, 2.45) is 0 Å². The molecule has 0 spiro atoms. The molecule has 0 saturated carbocycles. The average molecular weight is 420 g/mol. The zero-order valence-electron chi connectivity index (χ0n) is 13.4. The maximum Gasteiger partial charge on any atom is 0.341 e. The molecule has 0 bridgehead atoms. The van der Waals surface area contributed by atoms with Crippen molar-refractivity contribution >= 4 is 44.4 Å². The summed E-state index contributed by atoms with van der Waals surface area (Å²) in [5.41, 5.74) is -0.505. The van der Waals surface area contributed by atoms with Gasteiger partial charge in [-0.05, 0) is 36.4 Å². The molecule has 0 aliphatic rings. The lowest BCUT2D eigenvalue weighted by Crippen LogP contribution is -2.22. The number of benzene rings is 2. The second kappa shape index (κ2) is 8.27. The molecule has 2 aromatic rings. The number of hydrogen-bond donors (Lipinski definition) is 2. The Morgan fingerprint density at radius 2 is 1.81 bits per heavy atom. The predicted molar refractivity (Wildman–Crippen MR) is 94.9 cm³/mol. The minimum atomic E-state index is -4.98. The van der Waals surface area contributed by atoms with E-state index in [9.17, 15) is 32.1 Å². The Morgan fingerprint density at radius 3 is 2.37 bits per heavy atom. The van der Waals surface area contributed by atoms with Crippen molar-refractivity contribution in [3.8, 4) is 0 Å². The summed E-state index contributed by atoms with van der Waals surface area (Å²) in [5, 5.41) is 16.6. The van der Waals surface area contributed by atoms with E-state index in [0.29, 0.717) is 16.8 Å². The molecule has 144 valence electrons. The summed E-state index contributed by atoms with van der Waals surface area (Å²) in [6.07, 6.45) is 0. The zero-order valence-corrected chi connectivity index (χ0v) is 14.9. The first-order valence-corrected chi connectivity index (χ1v) is 9.13. The minimum absolute atomic E-state index is 0.195. The first-order chi connectivity index (χ1) is 12.6. The Kier molecular flexibility index (Phi) is 6.28. The molecule has 0 aromatic heterocycles. The number of anilines is 2. The average Bonchev–Trinajstić information content (AvgIpc) is 2.61. The fraction of sp³-hybridized carbons (Fsp3) is 0.133. The minimum Gasteiger partial charge on any atom is -0.371 e. The van der Waals surface area contributed by atoms with Crippen molar-refractivity contribution in [3.05, 3.63) is 57.6 Å². The van der Waals surface area contributed by atoms with Crippen LogP contribution in [-0.4, -0.2) is 31.6 Å². The topological polar surface area (TPSA) is 118 Å². The lowest BCUT2D eigenvalue weighted by molar-refractivity contribution is -0.384. The maximum absolute atomic E-state index is 12.6. The van der Waals surface area contributed by atoms with Gasteiger partial charge >= 0.3 is 5.76 Å². The smallest absolute Gasteiger partial charge is 0.341 e. The molecule has 0 fully saturated rings. The molecule has 0 unspecified atom stereocenters. The van der Waals surface area contributed by atoms with Gasteiger partial charge in [-0.1, -0.05) is 11.6 Å². The second-order valence-corrected chi connectivity index (χ2v) is 7.50. The van der Waals surface area contributed by atoms with Crippen LogP contribution in [0.1, 0.15) is 0 Å². The number of halogens is 3. The van der Waals surface area contributed by atoms with Gasteiger partial charge in [-0.15, -0.1) is 0 Å². The van der Waals surface area contributed by atoms with E-state index >= 15 is 0 Å². The summed E-state index contributed by atoms with van der Waals surface area (Å²) in [5.74, 6) is -4.25. The van der Waals surface area contributed by atoms with Gasteiger partial charge in [0, 0.05) is 16.8 Å². The number of nitro benzene ring substituents is 1. The highest BCUT2D eigenvalue weighted by molar-refractivity contribution is 7.91. The summed E-state index contributed by atoms with van der Waals surface area (Å²) in [7, 11) is -4.98. The first kappa shape index (κ1) is 20.5.